The number of likely N-dealkylation sites (tertiary alicyclic amines) is 1. The first kappa shape index (κ1) is 18.0. The van der Waals surface area contributed by atoms with E-state index in [1.807, 2.05) is 42.2 Å². The monoisotopic (exact) mass is 317 g/mol. The zero-order chi connectivity index (χ0) is 17.1. The van der Waals surface area contributed by atoms with Crippen LogP contribution in [0.15, 0.2) is 30.3 Å². The fraction of sp³-hybridized carbons (Fsp3) is 0.650. The van der Waals surface area contributed by atoms with Crippen LogP contribution in [-0.4, -0.2) is 35.6 Å². The molecule has 0 aliphatic carbocycles. The van der Waals surface area contributed by atoms with Crippen LogP contribution >= 0.6 is 0 Å². The number of benzene rings is 1. The number of amides is 1. The topological polar surface area (TPSA) is 40.5 Å². The van der Waals surface area contributed by atoms with Crippen molar-refractivity contribution in [2.45, 2.75) is 52.4 Å². The summed E-state index contributed by atoms with van der Waals surface area (Å²) in [6, 6.07) is 10.0. The molecule has 23 heavy (non-hydrogen) atoms. The molecule has 2 atom stereocenters. The maximum Gasteiger partial charge on any atom is 0.222 e. The SMILES string of the molecule is CC(CO)(CN1CCC(C(C)(C)C)CCC1=O)c1ccccc1. The number of hydrogen-bond acceptors (Lipinski definition) is 2. The van der Waals surface area contributed by atoms with Gasteiger partial charge in [0.05, 0.1) is 6.61 Å². The van der Waals surface area contributed by atoms with Crippen LogP contribution < -0.4 is 0 Å². The van der Waals surface area contributed by atoms with Crippen molar-refractivity contribution < 1.29 is 9.90 Å². The molecule has 0 aromatic heterocycles. The Kier molecular flexibility index (Phi) is 5.51. The summed E-state index contributed by atoms with van der Waals surface area (Å²) in [5, 5.41) is 9.97. The smallest absolute Gasteiger partial charge is 0.222 e. The van der Waals surface area contributed by atoms with Crippen LogP contribution in [0.5, 0.6) is 0 Å². The van der Waals surface area contributed by atoms with Gasteiger partial charge in [-0.15, -0.1) is 0 Å². The molecule has 1 amide bonds. The maximum absolute atomic E-state index is 12.6. The van der Waals surface area contributed by atoms with Gasteiger partial charge >= 0.3 is 0 Å². The van der Waals surface area contributed by atoms with Crippen LogP contribution in [0.4, 0.5) is 0 Å². The largest absolute Gasteiger partial charge is 0.395 e. The van der Waals surface area contributed by atoms with Gasteiger partial charge in [0.1, 0.15) is 0 Å². The van der Waals surface area contributed by atoms with E-state index in [-0.39, 0.29) is 17.9 Å². The Morgan fingerprint density at radius 3 is 2.35 bits per heavy atom. The normalized spacial score (nSPS) is 22.6. The first-order valence-corrected chi connectivity index (χ1v) is 8.70. The molecule has 1 N–H and O–H groups in total. The predicted molar refractivity (Wildman–Crippen MR) is 94.3 cm³/mol. The van der Waals surface area contributed by atoms with Crippen LogP contribution in [0.3, 0.4) is 0 Å². The molecule has 0 saturated carbocycles. The zero-order valence-electron chi connectivity index (χ0n) is 15.0. The molecule has 1 heterocycles. The van der Waals surface area contributed by atoms with Crippen molar-refractivity contribution in [3.8, 4) is 0 Å². The average molecular weight is 317 g/mol. The predicted octanol–water partition coefficient (Wildman–Crippen LogP) is 3.61. The molecule has 0 bridgehead atoms. The first-order valence-electron chi connectivity index (χ1n) is 8.70. The van der Waals surface area contributed by atoms with Crippen molar-refractivity contribution in [1.29, 1.82) is 0 Å². The Balaban J connectivity index is 2.13. The molecule has 1 saturated heterocycles. The molecule has 2 unspecified atom stereocenters. The van der Waals surface area contributed by atoms with Gasteiger partial charge in [-0.3, -0.25) is 4.79 Å². The molecule has 1 fully saturated rings. The molecule has 1 aliphatic rings. The molecule has 1 aliphatic heterocycles. The van der Waals surface area contributed by atoms with Gasteiger partial charge < -0.3 is 10.0 Å². The van der Waals surface area contributed by atoms with Crippen LogP contribution in [0, 0.1) is 11.3 Å². The zero-order valence-corrected chi connectivity index (χ0v) is 15.0. The van der Waals surface area contributed by atoms with Crippen molar-refractivity contribution in [2.24, 2.45) is 11.3 Å². The Hall–Kier alpha value is -1.35. The summed E-state index contributed by atoms with van der Waals surface area (Å²) >= 11 is 0. The average Bonchev–Trinajstić information content (AvgIpc) is 2.70. The lowest BCUT2D eigenvalue weighted by Gasteiger charge is -2.35. The van der Waals surface area contributed by atoms with E-state index in [9.17, 15) is 9.90 Å². The van der Waals surface area contributed by atoms with Gasteiger partial charge in [0.25, 0.3) is 0 Å². The lowest BCUT2D eigenvalue weighted by molar-refractivity contribution is -0.131. The van der Waals surface area contributed by atoms with Gasteiger partial charge in [0, 0.05) is 24.9 Å². The second-order valence-electron chi connectivity index (χ2n) is 8.29. The molecule has 3 nitrogen and oxygen atoms in total. The number of rotatable bonds is 4. The van der Waals surface area contributed by atoms with E-state index < -0.39 is 5.41 Å². The van der Waals surface area contributed by atoms with E-state index in [4.69, 9.17) is 0 Å². The fourth-order valence-corrected chi connectivity index (χ4v) is 3.56. The van der Waals surface area contributed by atoms with E-state index >= 15 is 0 Å². The Bertz CT molecular complexity index is 520. The van der Waals surface area contributed by atoms with E-state index in [0.717, 1.165) is 24.9 Å². The summed E-state index contributed by atoms with van der Waals surface area (Å²) < 4.78 is 0. The van der Waals surface area contributed by atoms with Crippen molar-refractivity contribution >= 4 is 5.91 Å². The van der Waals surface area contributed by atoms with Crippen LogP contribution in [-0.2, 0) is 10.2 Å². The van der Waals surface area contributed by atoms with Crippen molar-refractivity contribution in [3.63, 3.8) is 0 Å². The minimum Gasteiger partial charge on any atom is -0.395 e. The van der Waals surface area contributed by atoms with Gasteiger partial charge in [0.2, 0.25) is 5.91 Å². The second kappa shape index (κ2) is 7.04. The molecule has 1 aromatic carbocycles. The Morgan fingerprint density at radius 1 is 1.13 bits per heavy atom. The van der Waals surface area contributed by atoms with E-state index in [2.05, 4.69) is 20.8 Å². The molecule has 2 rings (SSSR count). The van der Waals surface area contributed by atoms with Crippen molar-refractivity contribution in [1.82, 2.24) is 4.90 Å². The van der Waals surface area contributed by atoms with Crippen molar-refractivity contribution in [2.75, 3.05) is 19.7 Å². The van der Waals surface area contributed by atoms with Gasteiger partial charge in [-0.2, -0.15) is 0 Å². The standard InChI is InChI=1S/C20H31NO2/c1-19(2,3)16-10-11-18(23)21(13-12-16)14-20(4,15-22)17-8-6-5-7-9-17/h5-9,16,22H,10-15H2,1-4H3. The van der Waals surface area contributed by atoms with Gasteiger partial charge in [0.15, 0.2) is 0 Å². The maximum atomic E-state index is 12.6. The third kappa shape index (κ3) is 4.35. The summed E-state index contributed by atoms with van der Waals surface area (Å²) in [5.41, 5.74) is 0.931. The van der Waals surface area contributed by atoms with Gasteiger partial charge in [-0.1, -0.05) is 58.0 Å². The van der Waals surface area contributed by atoms with E-state index in [0.29, 0.717) is 18.9 Å². The highest BCUT2D eigenvalue weighted by molar-refractivity contribution is 5.76. The van der Waals surface area contributed by atoms with Crippen molar-refractivity contribution in [3.05, 3.63) is 35.9 Å². The molecule has 128 valence electrons. The van der Waals surface area contributed by atoms with E-state index in [1.54, 1.807) is 0 Å². The number of carbonyl (C=O) groups excluding carboxylic acids is 1. The minimum atomic E-state index is -0.404. The molecule has 1 aromatic rings. The first-order chi connectivity index (χ1) is 10.8. The molecule has 0 radical (unpaired) electrons. The van der Waals surface area contributed by atoms with E-state index in [1.165, 1.54) is 0 Å². The van der Waals surface area contributed by atoms with Crippen LogP contribution in [0.25, 0.3) is 0 Å². The fourth-order valence-electron chi connectivity index (χ4n) is 3.56. The van der Waals surface area contributed by atoms with Crippen LogP contribution in [0.2, 0.25) is 0 Å². The van der Waals surface area contributed by atoms with Gasteiger partial charge in [-0.25, -0.2) is 0 Å². The molecular weight excluding hydrogens is 286 g/mol. The third-order valence-corrected chi connectivity index (χ3v) is 5.39. The number of hydrogen-bond donors (Lipinski definition) is 1. The highest BCUT2D eigenvalue weighted by atomic mass is 16.3. The third-order valence-electron chi connectivity index (χ3n) is 5.39. The lowest BCUT2D eigenvalue weighted by Crippen LogP contribution is -2.44. The van der Waals surface area contributed by atoms with Gasteiger partial charge in [-0.05, 0) is 29.7 Å². The highest BCUT2D eigenvalue weighted by Crippen LogP contribution is 2.35. The summed E-state index contributed by atoms with van der Waals surface area (Å²) in [6.45, 7) is 10.3. The Morgan fingerprint density at radius 2 is 1.78 bits per heavy atom. The highest BCUT2D eigenvalue weighted by Gasteiger charge is 2.34. The summed E-state index contributed by atoms with van der Waals surface area (Å²) in [5.74, 6) is 0.806. The second-order valence-corrected chi connectivity index (χ2v) is 8.29. The quantitative estimate of drug-likeness (QED) is 0.921. The number of nitrogens with zero attached hydrogens (tertiary/aromatic N) is 1. The summed E-state index contributed by atoms with van der Waals surface area (Å²) in [6.07, 6.45) is 2.64. The minimum absolute atomic E-state index is 0.0451. The molecule has 3 heteroatoms. The lowest BCUT2D eigenvalue weighted by atomic mass is 9.76. The molecular formula is C20H31NO2. The molecule has 0 spiro atoms. The summed E-state index contributed by atoms with van der Waals surface area (Å²) in [7, 11) is 0. The summed E-state index contributed by atoms with van der Waals surface area (Å²) in [4.78, 5) is 14.5. The number of aliphatic hydroxyl groups excluding tert-OH is 1. The Labute approximate surface area is 140 Å². The number of carbonyl (C=O) groups is 1. The number of aliphatic hydroxyl groups is 1. The van der Waals surface area contributed by atoms with Crippen LogP contribution in [0.1, 0.15) is 52.5 Å².